The smallest absolute Gasteiger partial charge is 0.257 e. The lowest BCUT2D eigenvalue weighted by Crippen LogP contribution is -2.53. The summed E-state index contributed by atoms with van der Waals surface area (Å²) in [5, 5.41) is 2.24. The molecular formula is C17H20N4O3. The maximum atomic E-state index is 12.8. The Balaban J connectivity index is 2.25. The Hall–Kier alpha value is -2.96. The predicted molar refractivity (Wildman–Crippen MR) is 90.1 cm³/mol. The molecule has 1 aromatic carbocycles. The Morgan fingerprint density at radius 1 is 1.33 bits per heavy atom. The van der Waals surface area contributed by atoms with Crippen LogP contribution in [0.5, 0.6) is 0 Å². The minimum Gasteiger partial charge on any atom is -0.404 e. The Kier molecular flexibility index (Phi) is 5.47. The molecule has 0 spiro atoms. The van der Waals surface area contributed by atoms with Crippen molar-refractivity contribution in [2.24, 2.45) is 10.7 Å². The minimum atomic E-state index is -0.709. The molecule has 1 unspecified atom stereocenters. The number of carbonyl (C=O) groups is 3. The number of rotatable bonds is 4. The summed E-state index contributed by atoms with van der Waals surface area (Å²) in [6.07, 6.45) is 1.68. The molecule has 7 heteroatoms. The largest absolute Gasteiger partial charge is 0.404 e. The van der Waals surface area contributed by atoms with Gasteiger partial charge in [0.05, 0.1) is 11.3 Å². The molecule has 1 heterocycles. The van der Waals surface area contributed by atoms with Crippen molar-refractivity contribution in [1.82, 2.24) is 10.2 Å². The lowest BCUT2D eigenvalue weighted by Gasteiger charge is -2.30. The quantitative estimate of drug-likeness (QED) is 0.468. The van der Waals surface area contributed by atoms with Crippen molar-refractivity contribution in [3.63, 3.8) is 0 Å². The van der Waals surface area contributed by atoms with Crippen molar-refractivity contribution in [3.8, 4) is 0 Å². The monoisotopic (exact) mass is 328 g/mol. The van der Waals surface area contributed by atoms with Gasteiger partial charge in [0.1, 0.15) is 6.04 Å². The molecule has 1 aliphatic rings. The van der Waals surface area contributed by atoms with Gasteiger partial charge < -0.3 is 10.6 Å². The number of nitrogens with zero attached hydrogens (tertiary/aromatic N) is 2. The molecular weight excluding hydrogens is 308 g/mol. The van der Waals surface area contributed by atoms with E-state index in [1.807, 2.05) is 30.3 Å². The van der Waals surface area contributed by atoms with Gasteiger partial charge in [-0.1, -0.05) is 30.3 Å². The normalized spacial score (nSPS) is 19.0. The molecule has 2 rings (SSSR count). The summed E-state index contributed by atoms with van der Waals surface area (Å²) in [5.74, 6) is -1.23. The summed E-state index contributed by atoms with van der Waals surface area (Å²) in [7, 11) is 3.09. The van der Waals surface area contributed by atoms with Crippen LogP contribution in [0.1, 0.15) is 18.4 Å². The van der Waals surface area contributed by atoms with E-state index in [0.717, 1.165) is 5.56 Å². The van der Waals surface area contributed by atoms with Crippen LogP contribution in [0.4, 0.5) is 0 Å². The summed E-state index contributed by atoms with van der Waals surface area (Å²) in [4.78, 5) is 41.5. The molecule has 1 aromatic rings. The fourth-order valence-corrected chi connectivity index (χ4v) is 2.64. The molecule has 7 nitrogen and oxygen atoms in total. The van der Waals surface area contributed by atoms with E-state index in [1.54, 1.807) is 7.05 Å². The van der Waals surface area contributed by atoms with E-state index in [1.165, 1.54) is 18.1 Å². The number of hydrogen-bond acceptors (Lipinski definition) is 5. The number of benzene rings is 1. The highest BCUT2D eigenvalue weighted by Gasteiger charge is 2.34. The van der Waals surface area contributed by atoms with Gasteiger partial charge in [0, 0.05) is 32.3 Å². The first kappa shape index (κ1) is 17.4. The van der Waals surface area contributed by atoms with E-state index in [-0.39, 0.29) is 24.3 Å². The van der Waals surface area contributed by atoms with Crippen molar-refractivity contribution < 1.29 is 14.4 Å². The van der Waals surface area contributed by atoms with Crippen molar-refractivity contribution in [2.45, 2.75) is 18.9 Å². The number of piperidine rings is 1. The van der Waals surface area contributed by atoms with Gasteiger partial charge in [0.2, 0.25) is 11.8 Å². The van der Waals surface area contributed by atoms with E-state index in [4.69, 9.17) is 5.73 Å². The summed E-state index contributed by atoms with van der Waals surface area (Å²) < 4.78 is 0. The zero-order valence-corrected chi connectivity index (χ0v) is 13.7. The molecule has 0 aromatic heterocycles. The van der Waals surface area contributed by atoms with Crippen molar-refractivity contribution in [1.29, 1.82) is 0 Å². The number of aliphatic imine (C=N–C) groups is 1. The zero-order valence-electron chi connectivity index (χ0n) is 13.7. The van der Waals surface area contributed by atoms with E-state index < -0.39 is 17.9 Å². The number of amides is 3. The van der Waals surface area contributed by atoms with Crippen LogP contribution in [-0.4, -0.2) is 48.5 Å². The molecule has 1 atom stereocenters. The number of nitrogens with two attached hydrogens (primary N) is 1. The number of hydrogen-bond donors (Lipinski definition) is 2. The molecule has 0 radical (unpaired) electrons. The van der Waals surface area contributed by atoms with E-state index in [0.29, 0.717) is 5.71 Å². The van der Waals surface area contributed by atoms with Crippen LogP contribution in [0.15, 0.2) is 47.1 Å². The van der Waals surface area contributed by atoms with Gasteiger partial charge >= 0.3 is 0 Å². The van der Waals surface area contributed by atoms with Crippen molar-refractivity contribution >= 4 is 23.4 Å². The van der Waals surface area contributed by atoms with Gasteiger partial charge in [-0.3, -0.25) is 24.7 Å². The zero-order chi connectivity index (χ0) is 17.7. The van der Waals surface area contributed by atoms with Crippen LogP contribution in [0.25, 0.3) is 0 Å². The van der Waals surface area contributed by atoms with Gasteiger partial charge in [-0.25, -0.2) is 0 Å². The Morgan fingerprint density at radius 3 is 2.54 bits per heavy atom. The lowest BCUT2D eigenvalue weighted by molar-refractivity contribution is -0.142. The second-order valence-corrected chi connectivity index (χ2v) is 5.40. The van der Waals surface area contributed by atoms with E-state index >= 15 is 0 Å². The second kappa shape index (κ2) is 7.54. The fraction of sp³-hybridized carbons (Fsp3) is 0.294. The number of likely N-dealkylation sites (N-methyl/N-ethyl adjacent to an activating group) is 1. The summed E-state index contributed by atoms with van der Waals surface area (Å²) in [5.41, 5.74) is 7.07. The highest BCUT2D eigenvalue weighted by Crippen LogP contribution is 2.16. The summed E-state index contributed by atoms with van der Waals surface area (Å²) in [6.45, 7) is 0. The van der Waals surface area contributed by atoms with Crippen LogP contribution >= 0.6 is 0 Å². The van der Waals surface area contributed by atoms with Crippen LogP contribution < -0.4 is 11.1 Å². The second-order valence-electron chi connectivity index (χ2n) is 5.40. The molecule has 24 heavy (non-hydrogen) atoms. The maximum absolute atomic E-state index is 12.8. The summed E-state index contributed by atoms with van der Waals surface area (Å²) >= 11 is 0. The SMILES string of the molecule is CN=C(C(=CN)C(=O)N(C)C1CCC(=O)NC1=O)c1ccccc1. The molecule has 0 aliphatic carbocycles. The highest BCUT2D eigenvalue weighted by molar-refractivity contribution is 6.28. The first-order chi connectivity index (χ1) is 11.5. The van der Waals surface area contributed by atoms with Gasteiger partial charge in [0.15, 0.2) is 0 Å². The molecule has 0 bridgehead atoms. The Bertz CT molecular complexity index is 710. The predicted octanol–water partition coefficient (Wildman–Crippen LogP) is 0.212. The molecule has 0 saturated carbocycles. The van der Waals surface area contributed by atoms with Crippen LogP contribution in [0, 0.1) is 0 Å². The number of imide groups is 1. The molecule has 1 aliphatic heterocycles. The van der Waals surface area contributed by atoms with E-state index in [9.17, 15) is 14.4 Å². The van der Waals surface area contributed by atoms with Gasteiger partial charge in [-0.15, -0.1) is 0 Å². The van der Waals surface area contributed by atoms with Gasteiger partial charge in [-0.2, -0.15) is 0 Å². The first-order valence-corrected chi connectivity index (χ1v) is 7.55. The molecule has 3 N–H and O–H groups in total. The number of nitrogens with one attached hydrogen (secondary N) is 1. The fourth-order valence-electron chi connectivity index (χ4n) is 2.64. The van der Waals surface area contributed by atoms with Crippen LogP contribution in [-0.2, 0) is 14.4 Å². The summed E-state index contributed by atoms with van der Waals surface area (Å²) in [6, 6.07) is 8.47. The third-order valence-corrected chi connectivity index (χ3v) is 3.92. The molecule has 126 valence electrons. The lowest BCUT2D eigenvalue weighted by atomic mass is 9.99. The third-order valence-electron chi connectivity index (χ3n) is 3.92. The van der Waals surface area contributed by atoms with Crippen LogP contribution in [0.2, 0.25) is 0 Å². The minimum absolute atomic E-state index is 0.198. The molecule has 3 amide bonds. The van der Waals surface area contributed by atoms with Crippen molar-refractivity contribution in [2.75, 3.05) is 14.1 Å². The third kappa shape index (κ3) is 3.51. The number of carbonyl (C=O) groups excluding carboxylic acids is 3. The average Bonchev–Trinajstić information content (AvgIpc) is 2.59. The van der Waals surface area contributed by atoms with Gasteiger partial charge in [-0.05, 0) is 6.42 Å². The van der Waals surface area contributed by atoms with Crippen molar-refractivity contribution in [3.05, 3.63) is 47.7 Å². The van der Waals surface area contributed by atoms with Gasteiger partial charge in [0.25, 0.3) is 5.91 Å². The average molecular weight is 328 g/mol. The maximum Gasteiger partial charge on any atom is 0.257 e. The standard InChI is InChI=1S/C17H20N4O3/c1-19-15(11-6-4-3-5-7-11)12(10-18)17(24)21(2)13-8-9-14(22)20-16(13)23/h3-7,10,13H,8-9,18H2,1-2H3,(H,20,22,23). The Morgan fingerprint density at radius 2 is 2.00 bits per heavy atom. The topological polar surface area (TPSA) is 105 Å². The van der Waals surface area contributed by atoms with Crippen LogP contribution in [0.3, 0.4) is 0 Å². The highest BCUT2D eigenvalue weighted by atomic mass is 16.2. The molecule has 1 saturated heterocycles. The van der Waals surface area contributed by atoms with E-state index in [2.05, 4.69) is 10.3 Å². The molecule has 1 fully saturated rings. The first-order valence-electron chi connectivity index (χ1n) is 7.55. The Labute approximate surface area is 140 Å².